The minimum absolute atomic E-state index is 0.0790. The Balaban J connectivity index is 1.94. The summed E-state index contributed by atoms with van der Waals surface area (Å²) in [5.74, 6) is -0.472. The first kappa shape index (κ1) is 11.1. The molecule has 0 radical (unpaired) electrons. The molecule has 1 saturated carbocycles. The highest BCUT2D eigenvalue weighted by atomic mass is 16.2. The fourth-order valence-electron chi connectivity index (χ4n) is 2.21. The molecule has 1 fully saturated rings. The third-order valence-corrected chi connectivity index (χ3v) is 3.49. The molecule has 2 heterocycles. The smallest absolute Gasteiger partial charge is 0.176 e. The van der Waals surface area contributed by atoms with Crippen molar-refractivity contribution in [2.75, 3.05) is 0 Å². The zero-order valence-electron chi connectivity index (χ0n) is 10.2. The number of aromatic nitrogens is 2. The van der Waals surface area contributed by atoms with Crippen molar-refractivity contribution in [1.29, 1.82) is 0 Å². The molecule has 2 aromatic heterocycles. The number of pyridine rings is 1. The Morgan fingerprint density at radius 2 is 2.17 bits per heavy atom. The van der Waals surface area contributed by atoms with Crippen molar-refractivity contribution in [1.82, 2.24) is 9.61 Å². The van der Waals surface area contributed by atoms with E-state index in [9.17, 15) is 9.59 Å². The van der Waals surface area contributed by atoms with Gasteiger partial charge in [0, 0.05) is 12.1 Å². The second kappa shape index (κ2) is 4.05. The number of fused-ring (bicyclic) bond motifs is 1. The third kappa shape index (κ3) is 1.74. The van der Waals surface area contributed by atoms with Gasteiger partial charge in [0.05, 0.1) is 23.2 Å². The summed E-state index contributed by atoms with van der Waals surface area (Å²) in [5.41, 5.74) is 1.30. The van der Waals surface area contributed by atoms with Gasteiger partial charge in [-0.3, -0.25) is 9.59 Å². The van der Waals surface area contributed by atoms with Gasteiger partial charge in [0.1, 0.15) is 5.78 Å². The molecular formula is C14H14N2O2. The first-order valence-corrected chi connectivity index (χ1v) is 6.19. The molecule has 0 spiro atoms. The molecule has 0 saturated heterocycles. The molecule has 4 heteroatoms. The molecule has 1 atom stereocenters. The Hall–Kier alpha value is -1.97. The predicted molar refractivity (Wildman–Crippen MR) is 66.4 cm³/mol. The quantitative estimate of drug-likeness (QED) is 0.609. The number of carbonyl (C=O) groups is 2. The molecule has 1 unspecified atom stereocenters. The average Bonchev–Trinajstić information content (AvgIpc) is 3.16. The molecule has 1 aliphatic carbocycles. The molecule has 1 aliphatic rings. The van der Waals surface area contributed by atoms with E-state index in [1.54, 1.807) is 23.8 Å². The van der Waals surface area contributed by atoms with Crippen molar-refractivity contribution >= 4 is 17.1 Å². The lowest BCUT2D eigenvalue weighted by molar-refractivity contribution is -0.122. The largest absolute Gasteiger partial charge is 0.299 e. The minimum Gasteiger partial charge on any atom is -0.299 e. The Morgan fingerprint density at radius 3 is 2.89 bits per heavy atom. The predicted octanol–water partition coefficient (Wildman–Crippen LogP) is 2.13. The highest BCUT2D eigenvalue weighted by Crippen LogP contribution is 2.33. The Kier molecular flexibility index (Phi) is 2.51. The molecule has 0 amide bonds. The second-order valence-corrected chi connectivity index (χ2v) is 4.85. The summed E-state index contributed by atoms with van der Waals surface area (Å²) in [4.78, 5) is 24.2. The first-order valence-electron chi connectivity index (χ1n) is 6.19. The van der Waals surface area contributed by atoms with E-state index < -0.39 is 5.92 Å². The fraction of sp³-hybridized carbons (Fsp3) is 0.357. The molecule has 0 aliphatic heterocycles. The highest BCUT2D eigenvalue weighted by molar-refractivity contribution is 6.14. The van der Waals surface area contributed by atoms with Crippen molar-refractivity contribution in [2.45, 2.75) is 19.8 Å². The third-order valence-electron chi connectivity index (χ3n) is 3.49. The Morgan fingerprint density at radius 1 is 1.39 bits per heavy atom. The SMILES string of the molecule is CC(C(=O)c1cnn2ccccc12)C(=O)C1CC1. The van der Waals surface area contributed by atoms with Crippen LogP contribution >= 0.6 is 0 Å². The van der Waals surface area contributed by atoms with E-state index >= 15 is 0 Å². The first-order chi connectivity index (χ1) is 8.68. The Labute approximate surface area is 105 Å². The molecule has 3 rings (SSSR count). The van der Waals surface area contributed by atoms with Gasteiger partial charge in [-0.2, -0.15) is 5.10 Å². The van der Waals surface area contributed by atoms with Gasteiger partial charge in [0.25, 0.3) is 0 Å². The van der Waals surface area contributed by atoms with Crippen LogP contribution < -0.4 is 0 Å². The molecular weight excluding hydrogens is 228 g/mol. The van der Waals surface area contributed by atoms with Crippen LogP contribution in [0.5, 0.6) is 0 Å². The van der Waals surface area contributed by atoms with Crippen LogP contribution in [0.4, 0.5) is 0 Å². The van der Waals surface area contributed by atoms with E-state index in [-0.39, 0.29) is 17.5 Å². The van der Waals surface area contributed by atoms with Crippen LogP contribution in [0.15, 0.2) is 30.6 Å². The highest BCUT2D eigenvalue weighted by Gasteiger charge is 2.36. The van der Waals surface area contributed by atoms with Crippen LogP contribution in [0, 0.1) is 11.8 Å². The summed E-state index contributed by atoms with van der Waals surface area (Å²) in [7, 11) is 0. The number of rotatable bonds is 4. The standard InChI is InChI=1S/C14H14N2O2/c1-9(13(17)10-5-6-10)14(18)11-8-15-16-7-3-2-4-12(11)16/h2-4,7-10H,5-6H2,1H3. The lowest BCUT2D eigenvalue weighted by atomic mass is 9.94. The number of hydrogen-bond donors (Lipinski definition) is 0. The van der Waals surface area contributed by atoms with Crippen molar-refractivity contribution in [2.24, 2.45) is 11.8 Å². The van der Waals surface area contributed by atoms with Crippen LogP contribution in [0.2, 0.25) is 0 Å². The zero-order chi connectivity index (χ0) is 12.7. The van der Waals surface area contributed by atoms with Gasteiger partial charge in [0.15, 0.2) is 5.78 Å². The van der Waals surface area contributed by atoms with Gasteiger partial charge in [-0.25, -0.2) is 4.52 Å². The topological polar surface area (TPSA) is 51.4 Å². The van der Waals surface area contributed by atoms with E-state index in [0.29, 0.717) is 5.56 Å². The van der Waals surface area contributed by atoms with E-state index in [0.717, 1.165) is 18.4 Å². The second-order valence-electron chi connectivity index (χ2n) is 4.85. The van der Waals surface area contributed by atoms with Crippen molar-refractivity contribution in [3.05, 3.63) is 36.2 Å². The van der Waals surface area contributed by atoms with E-state index in [2.05, 4.69) is 5.10 Å². The van der Waals surface area contributed by atoms with E-state index in [1.165, 1.54) is 0 Å². The molecule has 92 valence electrons. The molecule has 2 aromatic rings. The van der Waals surface area contributed by atoms with Crippen molar-refractivity contribution < 1.29 is 9.59 Å². The van der Waals surface area contributed by atoms with Gasteiger partial charge < -0.3 is 0 Å². The monoisotopic (exact) mass is 242 g/mol. The van der Waals surface area contributed by atoms with E-state index in [1.807, 2.05) is 18.2 Å². The van der Waals surface area contributed by atoms with Crippen LogP contribution in [0.25, 0.3) is 5.52 Å². The summed E-state index contributed by atoms with van der Waals surface area (Å²) < 4.78 is 1.65. The van der Waals surface area contributed by atoms with Crippen LogP contribution in [0.1, 0.15) is 30.1 Å². The van der Waals surface area contributed by atoms with Crippen LogP contribution in [-0.4, -0.2) is 21.2 Å². The molecule has 0 bridgehead atoms. The normalized spacial score (nSPS) is 16.7. The summed E-state index contributed by atoms with van der Waals surface area (Å²) in [6.45, 7) is 1.70. The summed E-state index contributed by atoms with van der Waals surface area (Å²) in [6, 6.07) is 5.56. The summed E-state index contributed by atoms with van der Waals surface area (Å²) >= 11 is 0. The maximum absolute atomic E-state index is 12.3. The van der Waals surface area contributed by atoms with Crippen LogP contribution in [-0.2, 0) is 4.79 Å². The number of carbonyl (C=O) groups excluding carboxylic acids is 2. The van der Waals surface area contributed by atoms with Gasteiger partial charge in [0.2, 0.25) is 0 Å². The van der Waals surface area contributed by atoms with Crippen LogP contribution in [0.3, 0.4) is 0 Å². The molecule has 0 aromatic carbocycles. The van der Waals surface area contributed by atoms with Gasteiger partial charge in [-0.05, 0) is 31.9 Å². The van der Waals surface area contributed by atoms with Crippen molar-refractivity contribution in [3.8, 4) is 0 Å². The average molecular weight is 242 g/mol. The summed E-state index contributed by atoms with van der Waals surface area (Å²) in [5, 5.41) is 4.13. The maximum Gasteiger partial charge on any atom is 0.176 e. The number of nitrogens with zero attached hydrogens (tertiary/aromatic N) is 2. The zero-order valence-corrected chi connectivity index (χ0v) is 10.2. The summed E-state index contributed by atoms with van der Waals surface area (Å²) in [6.07, 6.45) is 5.21. The number of hydrogen-bond acceptors (Lipinski definition) is 3. The maximum atomic E-state index is 12.3. The van der Waals surface area contributed by atoms with Gasteiger partial charge in [-0.1, -0.05) is 6.07 Å². The van der Waals surface area contributed by atoms with Gasteiger partial charge in [-0.15, -0.1) is 0 Å². The molecule has 4 nitrogen and oxygen atoms in total. The lowest BCUT2D eigenvalue weighted by Crippen LogP contribution is -2.22. The van der Waals surface area contributed by atoms with Crippen molar-refractivity contribution in [3.63, 3.8) is 0 Å². The number of Topliss-reactive ketones (excluding diaryl/α,β-unsaturated/α-hetero) is 2. The molecule has 18 heavy (non-hydrogen) atoms. The van der Waals surface area contributed by atoms with Gasteiger partial charge >= 0.3 is 0 Å². The minimum atomic E-state index is -0.550. The fourth-order valence-corrected chi connectivity index (χ4v) is 2.21. The lowest BCUT2D eigenvalue weighted by Gasteiger charge is -2.07. The number of ketones is 2. The molecule has 0 N–H and O–H groups in total. The van der Waals surface area contributed by atoms with E-state index in [4.69, 9.17) is 0 Å². The Bertz CT molecular complexity index is 626.